The molecule has 0 bridgehead atoms. The lowest BCUT2D eigenvalue weighted by atomic mass is 9.93. The van der Waals surface area contributed by atoms with Crippen molar-refractivity contribution in [1.82, 2.24) is 10.3 Å². The van der Waals surface area contributed by atoms with E-state index in [4.69, 9.17) is 0 Å². The fraction of sp³-hybridized carbons (Fsp3) is 0.458. The van der Waals surface area contributed by atoms with Gasteiger partial charge in [0, 0.05) is 19.2 Å². The van der Waals surface area contributed by atoms with E-state index < -0.39 is 0 Å². The van der Waals surface area contributed by atoms with Crippen LogP contribution in [0, 0.1) is 13.8 Å². The molecule has 0 radical (unpaired) electrons. The quantitative estimate of drug-likeness (QED) is 0.778. The van der Waals surface area contributed by atoms with Gasteiger partial charge in [-0.1, -0.05) is 55.2 Å². The fourth-order valence-corrected chi connectivity index (χ4v) is 4.03. The van der Waals surface area contributed by atoms with Crippen LogP contribution in [0.3, 0.4) is 0 Å². The van der Waals surface area contributed by atoms with E-state index in [0.717, 1.165) is 42.4 Å². The second-order valence-corrected chi connectivity index (χ2v) is 8.12. The van der Waals surface area contributed by atoms with E-state index in [-0.39, 0.29) is 30.3 Å². The van der Waals surface area contributed by atoms with E-state index >= 15 is 0 Å². The maximum absolute atomic E-state index is 13.5. The number of rotatable bonds is 6. The molecule has 1 aliphatic rings. The topological polar surface area (TPSA) is 62.3 Å². The number of hydrogen-bond donors (Lipinski definition) is 1. The molecule has 1 aliphatic carbocycles. The van der Waals surface area contributed by atoms with Crippen molar-refractivity contribution in [2.45, 2.75) is 71.4 Å². The van der Waals surface area contributed by atoms with Crippen LogP contribution in [-0.2, 0) is 9.59 Å². The van der Waals surface area contributed by atoms with E-state index in [1.165, 1.54) is 13.3 Å². The van der Waals surface area contributed by atoms with Crippen molar-refractivity contribution in [1.29, 1.82) is 0 Å². The third-order valence-electron chi connectivity index (χ3n) is 5.59. The van der Waals surface area contributed by atoms with Gasteiger partial charge in [-0.25, -0.2) is 4.98 Å². The zero-order chi connectivity index (χ0) is 20.8. The Morgan fingerprint density at radius 1 is 1.03 bits per heavy atom. The lowest BCUT2D eigenvalue weighted by molar-refractivity contribution is -0.121. The molecule has 0 aliphatic heterocycles. The standard InChI is InChI=1S/C24H31N3O2/c1-17-9-12-20(13-10-17)22(26-19(3)28)15-24(29)27(21-7-5-4-6-8-21)23-14-11-18(2)16-25-23/h9-14,16,21-22H,4-8,15H2,1-3H3,(H,26,28)/t22-/m0/s1. The molecule has 5 heteroatoms. The number of aromatic nitrogens is 1. The van der Waals surface area contributed by atoms with Crippen LogP contribution in [0.2, 0.25) is 0 Å². The van der Waals surface area contributed by atoms with Crippen LogP contribution in [0.15, 0.2) is 42.6 Å². The highest BCUT2D eigenvalue weighted by Crippen LogP contribution is 2.29. The highest BCUT2D eigenvalue weighted by molar-refractivity contribution is 5.93. The molecule has 0 saturated heterocycles. The highest BCUT2D eigenvalue weighted by atomic mass is 16.2. The molecule has 0 unspecified atom stereocenters. The summed E-state index contributed by atoms with van der Waals surface area (Å²) in [5.41, 5.74) is 3.16. The van der Waals surface area contributed by atoms with Crippen molar-refractivity contribution in [2.24, 2.45) is 0 Å². The molecular weight excluding hydrogens is 362 g/mol. The van der Waals surface area contributed by atoms with Crippen LogP contribution >= 0.6 is 0 Å². The second kappa shape index (κ2) is 9.68. The van der Waals surface area contributed by atoms with Gasteiger partial charge < -0.3 is 5.32 Å². The average Bonchev–Trinajstić information content (AvgIpc) is 2.70. The first-order chi connectivity index (χ1) is 13.9. The van der Waals surface area contributed by atoms with E-state index in [9.17, 15) is 9.59 Å². The summed E-state index contributed by atoms with van der Waals surface area (Å²) < 4.78 is 0. The lowest BCUT2D eigenvalue weighted by Gasteiger charge is -2.34. The Hall–Kier alpha value is -2.69. The Morgan fingerprint density at radius 2 is 1.69 bits per heavy atom. The first-order valence-corrected chi connectivity index (χ1v) is 10.5. The molecule has 1 aromatic heterocycles. The molecule has 1 N–H and O–H groups in total. The van der Waals surface area contributed by atoms with Gasteiger partial charge >= 0.3 is 0 Å². The molecule has 1 saturated carbocycles. The Balaban J connectivity index is 1.87. The summed E-state index contributed by atoms with van der Waals surface area (Å²) in [4.78, 5) is 31.7. The normalized spacial score (nSPS) is 15.6. The summed E-state index contributed by atoms with van der Waals surface area (Å²) in [5, 5.41) is 2.96. The molecule has 3 rings (SSSR count). The number of nitrogens with one attached hydrogen (secondary N) is 1. The Morgan fingerprint density at radius 3 is 2.28 bits per heavy atom. The molecule has 1 fully saturated rings. The predicted molar refractivity (Wildman–Crippen MR) is 116 cm³/mol. The van der Waals surface area contributed by atoms with Gasteiger partial charge in [0.15, 0.2) is 0 Å². The number of amides is 2. The zero-order valence-corrected chi connectivity index (χ0v) is 17.6. The maximum atomic E-state index is 13.5. The van der Waals surface area contributed by atoms with Crippen molar-refractivity contribution >= 4 is 17.6 Å². The van der Waals surface area contributed by atoms with Gasteiger partial charge in [0.1, 0.15) is 5.82 Å². The van der Waals surface area contributed by atoms with Gasteiger partial charge in [-0.15, -0.1) is 0 Å². The van der Waals surface area contributed by atoms with Gasteiger partial charge in [0.05, 0.1) is 12.5 Å². The monoisotopic (exact) mass is 393 g/mol. The van der Waals surface area contributed by atoms with Crippen LogP contribution in [0.25, 0.3) is 0 Å². The third-order valence-corrected chi connectivity index (χ3v) is 5.59. The molecule has 2 amide bonds. The highest BCUT2D eigenvalue weighted by Gasteiger charge is 2.30. The van der Waals surface area contributed by atoms with Crippen molar-refractivity contribution in [2.75, 3.05) is 4.90 Å². The minimum Gasteiger partial charge on any atom is -0.349 e. The van der Waals surface area contributed by atoms with Crippen molar-refractivity contribution in [3.63, 3.8) is 0 Å². The number of benzene rings is 1. The summed E-state index contributed by atoms with van der Waals surface area (Å²) in [7, 11) is 0. The number of anilines is 1. The van der Waals surface area contributed by atoms with Gasteiger partial charge in [-0.05, 0) is 43.9 Å². The van der Waals surface area contributed by atoms with Gasteiger partial charge in [-0.3, -0.25) is 14.5 Å². The lowest BCUT2D eigenvalue weighted by Crippen LogP contribution is -2.44. The number of pyridine rings is 1. The SMILES string of the molecule is CC(=O)N[C@@H](CC(=O)N(c1ccc(C)cn1)C1CCCCC1)c1ccc(C)cc1. The van der Waals surface area contributed by atoms with E-state index in [2.05, 4.69) is 10.3 Å². The zero-order valence-electron chi connectivity index (χ0n) is 17.6. The molecular formula is C24H31N3O2. The third kappa shape index (κ3) is 5.66. The van der Waals surface area contributed by atoms with E-state index in [0.29, 0.717) is 5.82 Å². The summed E-state index contributed by atoms with van der Waals surface area (Å²) in [6, 6.07) is 11.7. The maximum Gasteiger partial charge on any atom is 0.230 e. The Kier molecular flexibility index (Phi) is 7.02. The first kappa shape index (κ1) is 21.0. The molecule has 5 nitrogen and oxygen atoms in total. The summed E-state index contributed by atoms with van der Waals surface area (Å²) >= 11 is 0. The second-order valence-electron chi connectivity index (χ2n) is 8.12. The first-order valence-electron chi connectivity index (χ1n) is 10.5. The summed E-state index contributed by atoms with van der Waals surface area (Å²) in [5.74, 6) is 0.576. The molecule has 29 heavy (non-hydrogen) atoms. The number of carbonyl (C=O) groups excluding carboxylic acids is 2. The largest absolute Gasteiger partial charge is 0.349 e. The average molecular weight is 394 g/mol. The minimum absolute atomic E-state index is 0.00702. The Bertz CT molecular complexity index is 824. The van der Waals surface area contributed by atoms with E-state index in [1.807, 2.05) is 61.3 Å². The summed E-state index contributed by atoms with van der Waals surface area (Å²) in [6.45, 7) is 5.51. The predicted octanol–water partition coefficient (Wildman–Crippen LogP) is 4.63. The van der Waals surface area contributed by atoms with E-state index in [1.54, 1.807) is 0 Å². The minimum atomic E-state index is -0.350. The molecule has 1 heterocycles. The number of aryl methyl sites for hydroxylation is 2. The van der Waals surface area contributed by atoms with Crippen LogP contribution in [0.4, 0.5) is 5.82 Å². The fourth-order valence-electron chi connectivity index (χ4n) is 4.03. The molecule has 2 aromatic rings. The molecule has 1 aromatic carbocycles. The van der Waals surface area contributed by atoms with Crippen LogP contribution in [0.5, 0.6) is 0 Å². The smallest absolute Gasteiger partial charge is 0.230 e. The summed E-state index contributed by atoms with van der Waals surface area (Å²) in [6.07, 6.45) is 7.50. The van der Waals surface area contributed by atoms with Gasteiger partial charge in [0.25, 0.3) is 0 Å². The van der Waals surface area contributed by atoms with Crippen molar-refractivity contribution in [3.05, 3.63) is 59.3 Å². The molecule has 0 spiro atoms. The van der Waals surface area contributed by atoms with Gasteiger partial charge in [-0.2, -0.15) is 0 Å². The van der Waals surface area contributed by atoms with Gasteiger partial charge in [0.2, 0.25) is 11.8 Å². The molecule has 1 atom stereocenters. The van der Waals surface area contributed by atoms with Crippen LogP contribution in [-0.4, -0.2) is 22.8 Å². The van der Waals surface area contributed by atoms with Crippen LogP contribution < -0.4 is 10.2 Å². The van der Waals surface area contributed by atoms with Crippen molar-refractivity contribution < 1.29 is 9.59 Å². The Labute approximate surface area is 173 Å². The number of carbonyl (C=O) groups is 2. The number of nitrogens with zero attached hydrogens (tertiary/aromatic N) is 2. The number of hydrogen-bond acceptors (Lipinski definition) is 3. The molecule has 154 valence electrons. The van der Waals surface area contributed by atoms with Crippen molar-refractivity contribution in [3.8, 4) is 0 Å². The van der Waals surface area contributed by atoms with Crippen LogP contribution in [0.1, 0.15) is 68.2 Å².